The summed E-state index contributed by atoms with van der Waals surface area (Å²) in [7, 11) is 0. The van der Waals surface area contributed by atoms with E-state index in [1.807, 2.05) is 38.3 Å². The summed E-state index contributed by atoms with van der Waals surface area (Å²) in [6.07, 6.45) is -0.453. The highest BCUT2D eigenvalue weighted by Gasteiger charge is 2.28. The van der Waals surface area contributed by atoms with E-state index in [0.717, 1.165) is 16.4 Å². The highest BCUT2D eigenvalue weighted by Crippen LogP contribution is 2.38. The molecule has 4 nitrogen and oxygen atoms in total. The number of hydrogen-bond acceptors (Lipinski definition) is 6. The molecule has 0 aliphatic rings. The van der Waals surface area contributed by atoms with E-state index in [2.05, 4.69) is 4.37 Å². The molecule has 0 saturated carbocycles. The minimum Gasteiger partial charge on any atom is -0.443 e. The van der Waals surface area contributed by atoms with Crippen LogP contribution < -0.4 is 4.90 Å². The Hall–Kier alpha value is -1.51. The molecule has 23 heavy (non-hydrogen) atoms. The standard InChI is InChI=1S/C15H15FN2O2S3/c1-15(2,3)20-14(19)18(7-9-5-4-6-21-9)13-12-11(17-23-13)10(16)8-22-12/h4-6,8H,7H2,1-3H3. The third-order valence-corrected chi connectivity index (χ3v) is 5.70. The maximum absolute atomic E-state index is 13.7. The Bertz CT molecular complexity index is 818. The lowest BCUT2D eigenvalue weighted by Crippen LogP contribution is -2.36. The molecule has 0 atom stereocenters. The van der Waals surface area contributed by atoms with Crippen LogP contribution in [0.25, 0.3) is 10.2 Å². The zero-order valence-electron chi connectivity index (χ0n) is 12.8. The number of halogens is 1. The minimum atomic E-state index is -0.602. The summed E-state index contributed by atoms with van der Waals surface area (Å²) in [5.41, 5.74) is -0.287. The van der Waals surface area contributed by atoms with E-state index >= 15 is 0 Å². The molecule has 3 heterocycles. The van der Waals surface area contributed by atoms with E-state index in [1.54, 1.807) is 11.3 Å². The Morgan fingerprint density at radius 2 is 2.17 bits per heavy atom. The maximum atomic E-state index is 13.7. The lowest BCUT2D eigenvalue weighted by Gasteiger charge is -2.26. The highest BCUT2D eigenvalue weighted by atomic mass is 32.1. The number of amides is 1. The predicted molar refractivity (Wildman–Crippen MR) is 94.2 cm³/mol. The van der Waals surface area contributed by atoms with Gasteiger partial charge in [0.25, 0.3) is 0 Å². The molecule has 0 aliphatic carbocycles. The quantitative estimate of drug-likeness (QED) is 0.611. The van der Waals surface area contributed by atoms with Crippen LogP contribution in [0, 0.1) is 5.82 Å². The molecular weight excluding hydrogens is 355 g/mol. The molecule has 0 aromatic carbocycles. The van der Waals surface area contributed by atoms with Gasteiger partial charge in [0.05, 0.1) is 11.2 Å². The van der Waals surface area contributed by atoms with Crippen molar-refractivity contribution in [1.29, 1.82) is 0 Å². The lowest BCUT2D eigenvalue weighted by atomic mass is 10.2. The van der Waals surface area contributed by atoms with E-state index in [0.29, 0.717) is 21.8 Å². The van der Waals surface area contributed by atoms with Crippen molar-refractivity contribution in [3.63, 3.8) is 0 Å². The zero-order chi connectivity index (χ0) is 16.6. The van der Waals surface area contributed by atoms with Gasteiger partial charge < -0.3 is 4.74 Å². The van der Waals surface area contributed by atoms with Crippen LogP contribution in [-0.2, 0) is 11.3 Å². The summed E-state index contributed by atoms with van der Waals surface area (Å²) in [5, 5.41) is 3.98. The van der Waals surface area contributed by atoms with Gasteiger partial charge in [0, 0.05) is 10.3 Å². The van der Waals surface area contributed by atoms with Crippen molar-refractivity contribution in [3.8, 4) is 0 Å². The first-order valence-corrected chi connectivity index (χ1v) is 9.44. The number of nitrogens with zero attached hydrogens (tertiary/aromatic N) is 2. The Morgan fingerprint density at radius 1 is 1.39 bits per heavy atom. The molecule has 3 rings (SSSR count). The van der Waals surface area contributed by atoms with Gasteiger partial charge in [-0.3, -0.25) is 4.90 Å². The number of fused-ring (bicyclic) bond motifs is 1. The maximum Gasteiger partial charge on any atom is 0.415 e. The average Bonchev–Trinajstić information content (AvgIpc) is 3.14. The van der Waals surface area contributed by atoms with Crippen LogP contribution >= 0.6 is 34.2 Å². The number of aromatic nitrogens is 1. The predicted octanol–water partition coefficient (Wildman–Crippen LogP) is 5.50. The molecule has 1 amide bonds. The number of ether oxygens (including phenoxy) is 1. The second-order valence-corrected chi connectivity index (χ2v) is 8.56. The van der Waals surface area contributed by atoms with Crippen LogP contribution in [0.1, 0.15) is 25.6 Å². The first-order valence-electron chi connectivity index (χ1n) is 6.90. The third-order valence-electron chi connectivity index (χ3n) is 2.89. The third kappa shape index (κ3) is 3.54. The fourth-order valence-electron chi connectivity index (χ4n) is 1.96. The Kier molecular flexibility index (Phi) is 4.39. The summed E-state index contributed by atoms with van der Waals surface area (Å²) in [6.45, 7) is 5.84. The van der Waals surface area contributed by atoms with Crippen LogP contribution in [0.4, 0.5) is 14.2 Å². The van der Waals surface area contributed by atoms with Gasteiger partial charge in [-0.1, -0.05) is 6.07 Å². The fraction of sp³-hybridized carbons (Fsp3) is 0.333. The summed E-state index contributed by atoms with van der Waals surface area (Å²) in [5.74, 6) is -0.354. The number of hydrogen-bond donors (Lipinski definition) is 0. The molecule has 0 bridgehead atoms. The van der Waals surface area contributed by atoms with Crippen molar-refractivity contribution < 1.29 is 13.9 Å². The van der Waals surface area contributed by atoms with Crippen molar-refractivity contribution in [3.05, 3.63) is 33.6 Å². The van der Waals surface area contributed by atoms with Crippen LogP contribution in [0.3, 0.4) is 0 Å². The molecule has 8 heteroatoms. The zero-order valence-corrected chi connectivity index (χ0v) is 15.3. The van der Waals surface area contributed by atoms with Gasteiger partial charge in [-0.25, -0.2) is 9.18 Å². The van der Waals surface area contributed by atoms with Gasteiger partial charge in [0.1, 0.15) is 16.1 Å². The van der Waals surface area contributed by atoms with E-state index < -0.39 is 11.7 Å². The fourth-order valence-corrected chi connectivity index (χ4v) is 4.54. The van der Waals surface area contributed by atoms with Crippen LogP contribution in [0.5, 0.6) is 0 Å². The van der Waals surface area contributed by atoms with Gasteiger partial charge in [0.15, 0.2) is 5.82 Å². The molecular formula is C15H15FN2O2S3. The van der Waals surface area contributed by atoms with Crippen molar-refractivity contribution in [2.45, 2.75) is 32.9 Å². The number of rotatable bonds is 3. The van der Waals surface area contributed by atoms with Crippen LogP contribution in [-0.4, -0.2) is 16.1 Å². The molecule has 3 aromatic heterocycles. The van der Waals surface area contributed by atoms with E-state index in [9.17, 15) is 9.18 Å². The average molecular weight is 370 g/mol. The Balaban J connectivity index is 1.98. The first-order chi connectivity index (χ1) is 10.8. The number of carbonyl (C=O) groups excluding carboxylic acids is 1. The molecule has 0 fully saturated rings. The summed E-state index contributed by atoms with van der Waals surface area (Å²) < 4.78 is 24.0. The SMILES string of the molecule is CC(C)(C)OC(=O)N(Cc1cccs1)c1snc2c(F)csc12. The number of carbonyl (C=O) groups is 1. The largest absolute Gasteiger partial charge is 0.443 e. The molecule has 0 aliphatic heterocycles. The van der Waals surface area contributed by atoms with Gasteiger partial charge in [-0.15, -0.1) is 22.7 Å². The van der Waals surface area contributed by atoms with Crippen molar-refractivity contribution in [1.82, 2.24) is 4.37 Å². The second kappa shape index (κ2) is 6.18. The summed E-state index contributed by atoms with van der Waals surface area (Å²) in [4.78, 5) is 15.2. The van der Waals surface area contributed by atoms with Crippen molar-refractivity contribution >= 4 is 55.5 Å². The van der Waals surface area contributed by atoms with E-state index in [1.165, 1.54) is 21.6 Å². The van der Waals surface area contributed by atoms with Gasteiger partial charge in [-0.05, 0) is 43.8 Å². The second-order valence-electron chi connectivity index (χ2n) is 5.89. The van der Waals surface area contributed by atoms with Crippen molar-refractivity contribution in [2.75, 3.05) is 4.90 Å². The smallest absolute Gasteiger partial charge is 0.415 e. The normalized spacial score (nSPS) is 11.8. The van der Waals surface area contributed by atoms with Crippen LogP contribution in [0.2, 0.25) is 0 Å². The topological polar surface area (TPSA) is 42.4 Å². The van der Waals surface area contributed by atoms with E-state index in [4.69, 9.17) is 4.74 Å². The summed E-state index contributed by atoms with van der Waals surface area (Å²) >= 11 is 3.93. The minimum absolute atomic E-state index is 0.315. The molecule has 3 aromatic rings. The van der Waals surface area contributed by atoms with Crippen LogP contribution in [0.15, 0.2) is 22.9 Å². The molecule has 0 N–H and O–H groups in total. The molecule has 0 radical (unpaired) electrons. The Labute approximate surface area is 145 Å². The van der Waals surface area contributed by atoms with Crippen molar-refractivity contribution in [2.24, 2.45) is 0 Å². The van der Waals surface area contributed by atoms with Gasteiger partial charge in [-0.2, -0.15) is 4.37 Å². The highest BCUT2D eigenvalue weighted by molar-refractivity contribution is 7.23. The van der Waals surface area contributed by atoms with Gasteiger partial charge in [0.2, 0.25) is 0 Å². The lowest BCUT2D eigenvalue weighted by molar-refractivity contribution is 0.0579. The molecule has 122 valence electrons. The monoisotopic (exact) mass is 370 g/mol. The number of anilines is 1. The summed E-state index contributed by atoms with van der Waals surface area (Å²) in [6, 6.07) is 3.88. The first kappa shape index (κ1) is 16.4. The number of thiophene rings is 2. The Morgan fingerprint density at radius 3 is 2.83 bits per heavy atom. The molecule has 0 unspecified atom stereocenters. The molecule has 0 spiro atoms. The van der Waals surface area contributed by atoms with Gasteiger partial charge >= 0.3 is 6.09 Å². The van der Waals surface area contributed by atoms with E-state index in [-0.39, 0.29) is 5.82 Å². The molecule has 0 saturated heterocycles.